The lowest BCUT2D eigenvalue weighted by Crippen LogP contribution is -2.30. The van der Waals surface area contributed by atoms with Gasteiger partial charge in [0.05, 0.1) is 0 Å². The third-order valence-corrected chi connectivity index (χ3v) is 6.48. The molecule has 1 amide bonds. The first-order valence-corrected chi connectivity index (χ1v) is 10.8. The molecule has 1 unspecified atom stereocenters. The van der Waals surface area contributed by atoms with Crippen molar-refractivity contribution in [2.75, 3.05) is 0 Å². The van der Waals surface area contributed by atoms with Crippen LogP contribution in [0.5, 0.6) is 11.5 Å². The zero-order chi connectivity index (χ0) is 20.3. The summed E-state index contributed by atoms with van der Waals surface area (Å²) in [4.78, 5) is 12.4. The van der Waals surface area contributed by atoms with Gasteiger partial charge >= 0.3 is 13.7 Å². The number of alkyl carbamates (subject to hydrolysis) is 1. The average Bonchev–Trinajstić information content (AvgIpc) is 3.09. The van der Waals surface area contributed by atoms with Gasteiger partial charge in [-0.2, -0.15) is 0 Å². The summed E-state index contributed by atoms with van der Waals surface area (Å²) in [7, 11) is -3.80. The van der Waals surface area contributed by atoms with Gasteiger partial charge in [0, 0.05) is 5.02 Å². The van der Waals surface area contributed by atoms with Crippen LogP contribution in [-0.4, -0.2) is 6.09 Å². The summed E-state index contributed by atoms with van der Waals surface area (Å²) in [6.07, 6.45) is -0.743. The molecule has 0 aliphatic carbocycles. The quantitative estimate of drug-likeness (QED) is 0.509. The number of carbonyl (C=O) groups excluding carboxylic acids is 1. The molecule has 0 saturated carbocycles. The van der Waals surface area contributed by atoms with E-state index < -0.39 is 19.5 Å². The standard InChI is InChI=1S/C21H17ClNO5P/c22-17-12-10-16(11-13-17)20(23-21(24)26-14-15-6-2-1-3-7-15)29(25)27-18-8-4-5-9-19(18)28-29/h1-13,20H,14H2,(H,23,24). The molecular weight excluding hydrogens is 413 g/mol. The number of para-hydroxylation sites is 2. The van der Waals surface area contributed by atoms with Crippen LogP contribution in [0.2, 0.25) is 5.02 Å². The van der Waals surface area contributed by atoms with Gasteiger partial charge in [-0.05, 0) is 35.4 Å². The van der Waals surface area contributed by atoms with E-state index in [1.807, 2.05) is 30.3 Å². The summed E-state index contributed by atoms with van der Waals surface area (Å²) in [5, 5.41) is 3.13. The van der Waals surface area contributed by atoms with Crippen LogP contribution in [0.3, 0.4) is 0 Å². The minimum atomic E-state index is -3.80. The number of ether oxygens (including phenoxy) is 1. The first-order chi connectivity index (χ1) is 14.0. The van der Waals surface area contributed by atoms with E-state index >= 15 is 0 Å². The Morgan fingerprint density at radius 3 is 2.14 bits per heavy atom. The third kappa shape index (κ3) is 4.39. The molecule has 1 atom stereocenters. The molecule has 0 fully saturated rings. The highest BCUT2D eigenvalue weighted by molar-refractivity contribution is 7.55. The van der Waals surface area contributed by atoms with E-state index in [0.717, 1.165) is 5.56 Å². The van der Waals surface area contributed by atoms with E-state index in [1.54, 1.807) is 48.5 Å². The SMILES string of the molecule is O=C(NC(c1ccc(Cl)cc1)P1(=O)Oc2ccccc2O1)OCc1ccccc1. The molecule has 1 N–H and O–H groups in total. The maximum absolute atomic E-state index is 13.5. The van der Waals surface area contributed by atoms with Crippen molar-refractivity contribution in [1.29, 1.82) is 0 Å². The Bertz CT molecular complexity index is 1030. The molecule has 1 aliphatic rings. The van der Waals surface area contributed by atoms with Crippen LogP contribution < -0.4 is 14.4 Å². The van der Waals surface area contributed by atoms with E-state index in [-0.39, 0.29) is 6.61 Å². The zero-order valence-corrected chi connectivity index (χ0v) is 16.8. The van der Waals surface area contributed by atoms with E-state index in [4.69, 9.17) is 25.4 Å². The highest BCUT2D eigenvalue weighted by atomic mass is 35.5. The smallest absolute Gasteiger partial charge is 0.445 e. The number of hydrogen-bond donors (Lipinski definition) is 1. The summed E-state index contributed by atoms with van der Waals surface area (Å²) in [5.41, 5.74) is 1.35. The van der Waals surface area contributed by atoms with Gasteiger partial charge in [-0.15, -0.1) is 0 Å². The molecule has 148 valence electrons. The molecule has 1 heterocycles. The Hall–Kier alpha value is -2.95. The Kier molecular flexibility index (Phi) is 5.47. The molecular formula is C21H17ClNO5P. The van der Waals surface area contributed by atoms with Gasteiger partial charge < -0.3 is 19.1 Å². The molecule has 8 heteroatoms. The molecule has 0 saturated heterocycles. The van der Waals surface area contributed by atoms with Crippen molar-refractivity contribution in [1.82, 2.24) is 5.32 Å². The molecule has 6 nitrogen and oxygen atoms in total. The summed E-state index contributed by atoms with van der Waals surface area (Å²) in [5.74, 6) is -0.362. The van der Waals surface area contributed by atoms with E-state index in [2.05, 4.69) is 5.32 Å². The molecule has 29 heavy (non-hydrogen) atoms. The highest BCUT2D eigenvalue weighted by Crippen LogP contribution is 2.65. The van der Waals surface area contributed by atoms with Gasteiger partial charge in [0.1, 0.15) is 6.61 Å². The summed E-state index contributed by atoms with van der Waals surface area (Å²) < 4.78 is 30.1. The van der Waals surface area contributed by atoms with Crippen molar-refractivity contribution in [3.63, 3.8) is 0 Å². The summed E-state index contributed by atoms with van der Waals surface area (Å²) in [6, 6.07) is 22.6. The Balaban J connectivity index is 1.55. The Morgan fingerprint density at radius 1 is 0.931 bits per heavy atom. The highest BCUT2D eigenvalue weighted by Gasteiger charge is 2.46. The fourth-order valence-corrected chi connectivity index (χ4v) is 4.89. The molecule has 4 rings (SSSR count). The number of hydrogen-bond acceptors (Lipinski definition) is 5. The van der Waals surface area contributed by atoms with E-state index in [0.29, 0.717) is 22.1 Å². The van der Waals surface area contributed by atoms with Crippen molar-refractivity contribution in [3.8, 4) is 11.5 Å². The van der Waals surface area contributed by atoms with Gasteiger partial charge in [0.25, 0.3) is 0 Å². The number of amides is 1. The fraction of sp³-hybridized carbons (Fsp3) is 0.0952. The first kappa shape index (κ1) is 19.4. The molecule has 0 bridgehead atoms. The monoisotopic (exact) mass is 429 g/mol. The van der Waals surface area contributed by atoms with Crippen LogP contribution in [0, 0.1) is 0 Å². The molecule has 0 aromatic heterocycles. The largest absolute Gasteiger partial charge is 0.457 e. The van der Waals surface area contributed by atoms with Crippen LogP contribution in [-0.2, 0) is 15.9 Å². The predicted octanol–water partition coefficient (Wildman–Crippen LogP) is 5.93. The number of fused-ring (bicyclic) bond motifs is 1. The van der Waals surface area contributed by atoms with Crippen LogP contribution >= 0.6 is 19.2 Å². The van der Waals surface area contributed by atoms with Crippen LogP contribution in [0.25, 0.3) is 0 Å². The van der Waals surface area contributed by atoms with Gasteiger partial charge in [-0.3, -0.25) is 0 Å². The van der Waals surface area contributed by atoms with E-state index in [9.17, 15) is 9.36 Å². The zero-order valence-electron chi connectivity index (χ0n) is 15.2. The lowest BCUT2D eigenvalue weighted by atomic mass is 10.2. The molecule has 3 aromatic rings. The number of carbonyl (C=O) groups is 1. The van der Waals surface area contributed by atoms with Crippen LogP contribution in [0.15, 0.2) is 78.9 Å². The maximum Gasteiger partial charge on any atom is 0.457 e. The Labute approximate surface area is 172 Å². The van der Waals surface area contributed by atoms with Gasteiger partial charge in [0.15, 0.2) is 17.3 Å². The van der Waals surface area contributed by atoms with Crippen LogP contribution in [0.1, 0.15) is 16.9 Å². The number of halogens is 1. The van der Waals surface area contributed by atoms with Gasteiger partial charge in [0.2, 0.25) is 0 Å². The summed E-state index contributed by atoms with van der Waals surface area (Å²) >= 11 is 5.96. The molecule has 1 aliphatic heterocycles. The van der Waals surface area contributed by atoms with Crippen molar-refractivity contribution in [2.45, 2.75) is 12.4 Å². The van der Waals surface area contributed by atoms with Gasteiger partial charge in [-0.1, -0.05) is 66.2 Å². The third-order valence-electron chi connectivity index (χ3n) is 4.27. The van der Waals surface area contributed by atoms with Crippen molar-refractivity contribution >= 4 is 25.3 Å². The number of nitrogens with one attached hydrogen (secondary N) is 1. The Morgan fingerprint density at radius 2 is 1.52 bits per heavy atom. The minimum absolute atomic E-state index is 0.0756. The lowest BCUT2D eigenvalue weighted by Gasteiger charge is -2.23. The van der Waals surface area contributed by atoms with Crippen molar-refractivity contribution in [2.24, 2.45) is 0 Å². The molecule has 0 spiro atoms. The van der Waals surface area contributed by atoms with Gasteiger partial charge in [-0.25, -0.2) is 9.36 Å². The van der Waals surface area contributed by atoms with Crippen LogP contribution in [0.4, 0.5) is 4.79 Å². The topological polar surface area (TPSA) is 73.9 Å². The van der Waals surface area contributed by atoms with E-state index in [1.165, 1.54) is 0 Å². The molecule has 0 radical (unpaired) electrons. The molecule has 3 aromatic carbocycles. The van der Waals surface area contributed by atoms with Crippen molar-refractivity contribution in [3.05, 3.63) is 95.0 Å². The number of rotatable bonds is 5. The van der Waals surface area contributed by atoms with Crippen molar-refractivity contribution < 1.29 is 23.1 Å². The minimum Gasteiger partial charge on any atom is -0.445 e. The first-order valence-electron chi connectivity index (χ1n) is 8.84. The summed E-state index contributed by atoms with van der Waals surface area (Å²) in [6.45, 7) is 0.0756. The second-order valence-electron chi connectivity index (χ2n) is 6.33. The fourth-order valence-electron chi connectivity index (χ4n) is 2.87. The normalized spacial score (nSPS) is 14.8. The predicted molar refractivity (Wildman–Crippen MR) is 109 cm³/mol. The lowest BCUT2D eigenvalue weighted by molar-refractivity contribution is 0.137. The second kappa shape index (κ2) is 8.19. The number of benzene rings is 3. The average molecular weight is 430 g/mol. The maximum atomic E-state index is 13.5. The second-order valence-corrected chi connectivity index (χ2v) is 8.73.